The molecule has 296 valence electrons. The summed E-state index contributed by atoms with van der Waals surface area (Å²) in [6.45, 7) is 12.8. The molecule has 5 unspecified atom stereocenters. The van der Waals surface area contributed by atoms with Crippen molar-refractivity contribution in [3.05, 3.63) is 0 Å². The number of cyclic esters (lactones) is 1. The number of fused-ring (bicyclic) bond motifs is 1. The van der Waals surface area contributed by atoms with E-state index in [-0.39, 0.29) is 25.0 Å². The normalized spacial score (nSPS) is 40.5. The monoisotopic (exact) mass is 738 g/mol. The Kier molecular flexibility index (Phi) is 15.1. The highest BCUT2D eigenvalue weighted by molar-refractivity contribution is 6.00. The summed E-state index contributed by atoms with van der Waals surface area (Å²) in [7, 11) is 5.06. The number of carbonyl (C=O) groups is 3. The van der Waals surface area contributed by atoms with Gasteiger partial charge in [-0.05, 0) is 73.0 Å². The average Bonchev–Trinajstić information content (AvgIpc) is 3.42. The van der Waals surface area contributed by atoms with E-state index in [4.69, 9.17) is 23.7 Å². The Hall–Kier alpha value is -2.08. The van der Waals surface area contributed by atoms with E-state index in [1.807, 2.05) is 27.7 Å². The van der Waals surface area contributed by atoms with Crippen molar-refractivity contribution in [1.29, 1.82) is 0 Å². The Morgan fingerprint density at radius 3 is 2.35 bits per heavy atom. The fourth-order valence-electron chi connectivity index (χ4n) is 7.97. The Balaban J connectivity index is 1.99. The molecule has 13 atom stereocenters. The lowest BCUT2D eigenvalue weighted by Crippen LogP contribution is -2.61. The number of likely N-dealkylation sites (N-methyl/N-ethyl adjacent to an activating group) is 1. The number of nitrogens with zero attached hydrogens (tertiary/aromatic N) is 1. The van der Waals surface area contributed by atoms with Gasteiger partial charge in [0, 0.05) is 38.2 Å². The molecule has 0 spiro atoms. The van der Waals surface area contributed by atoms with Crippen LogP contribution in [0.2, 0.25) is 0 Å². The SMILES string of the molecule is CC[C@H]1OC(=O)C(C)C(=O)[C@H](C)[C@@H](OC2OC(CNCCC(F)(F)F)CC(N(C)C)C2O)[C@](C)(OC)C[C@@H](C)CN[C@H](C)[C@H]2NC(=O)O[C@@]21CC. The molecule has 0 aromatic rings. The van der Waals surface area contributed by atoms with Gasteiger partial charge in [-0.1, -0.05) is 27.7 Å². The molecule has 16 heteroatoms. The summed E-state index contributed by atoms with van der Waals surface area (Å²) in [5, 5.41) is 20.7. The van der Waals surface area contributed by atoms with Crippen molar-refractivity contribution < 1.29 is 56.3 Å². The number of Topliss-reactive ketones (excluding diaryl/α,β-unsaturated/α-hetero) is 1. The van der Waals surface area contributed by atoms with Crippen LogP contribution < -0.4 is 16.0 Å². The topological polar surface area (TPSA) is 157 Å². The highest BCUT2D eigenvalue weighted by atomic mass is 19.4. The number of aliphatic hydroxyl groups excluding tert-OH is 1. The van der Waals surface area contributed by atoms with Crippen LogP contribution in [0.15, 0.2) is 0 Å². The minimum Gasteiger partial charge on any atom is -0.457 e. The van der Waals surface area contributed by atoms with Crippen molar-refractivity contribution in [3.8, 4) is 0 Å². The number of ketones is 1. The number of hydrogen-bond acceptors (Lipinski definition) is 12. The van der Waals surface area contributed by atoms with Gasteiger partial charge in [-0.3, -0.25) is 9.59 Å². The van der Waals surface area contributed by atoms with Gasteiger partial charge in [0.1, 0.15) is 18.1 Å². The molecule has 0 aromatic heterocycles. The maximum atomic E-state index is 14.2. The van der Waals surface area contributed by atoms with Crippen LogP contribution in [0.5, 0.6) is 0 Å². The number of aliphatic hydroxyl groups is 1. The molecule has 4 N–H and O–H groups in total. The Morgan fingerprint density at radius 2 is 1.78 bits per heavy atom. The van der Waals surface area contributed by atoms with Crippen molar-refractivity contribution in [2.24, 2.45) is 17.8 Å². The number of hydrogen-bond donors (Lipinski definition) is 4. The lowest BCUT2D eigenvalue weighted by Gasteiger charge is -2.47. The number of amides is 1. The van der Waals surface area contributed by atoms with Gasteiger partial charge >= 0.3 is 18.2 Å². The zero-order chi connectivity index (χ0) is 38.5. The minimum atomic E-state index is -4.31. The third-order valence-electron chi connectivity index (χ3n) is 11.0. The number of ether oxygens (including phenoxy) is 5. The quantitative estimate of drug-likeness (QED) is 0.148. The van der Waals surface area contributed by atoms with Gasteiger partial charge in [0.05, 0.1) is 30.3 Å². The predicted molar refractivity (Wildman–Crippen MR) is 182 cm³/mol. The van der Waals surface area contributed by atoms with E-state index in [1.165, 1.54) is 14.0 Å². The van der Waals surface area contributed by atoms with E-state index in [2.05, 4.69) is 16.0 Å². The van der Waals surface area contributed by atoms with Gasteiger partial charge in [0.2, 0.25) is 0 Å². The standard InChI is InChI=1S/C35H61F3N4O9/c1-11-25-34(12-2)28(41-32(46)51-34)22(6)40-17-19(3)16-33(7,47-10)29(20(4)26(43)21(5)30(45)49-25)50-31-27(44)24(42(8)9)15-23(48-31)18-39-14-13-35(36,37)38/h19-25,27-29,31,39-40,44H,11-18H2,1-10H3,(H,41,46)/t19-,20+,21?,22-,23?,24?,25-,27?,28-,29-,31?,33-,34-/m1/s1. The van der Waals surface area contributed by atoms with Crippen LogP contribution in [-0.4, -0.2) is 135 Å². The Morgan fingerprint density at radius 1 is 1.12 bits per heavy atom. The van der Waals surface area contributed by atoms with Crippen LogP contribution in [0.25, 0.3) is 0 Å². The summed E-state index contributed by atoms with van der Waals surface area (Å²) in [6.07, 6.45) is -9.49. The number of halogens is 3. The third kappa shape index (κ3) is 10.3. The highest BCUT2D eigenvalue weighted by Gasteiger charge is 2.57. The number of carbonyl (C=O) groups excluding carboxylic acids is 3. The molecule has 13 nitrogen and oxygen atoms in total. The Bertz CT molecular complexity index is 1180. The van der Waals surface area contributed by atoms with Crippen LogP contribution >= 0.6 is 0 Å². The lowest BCUT2D eigenvalue weighted by atomic mass is 9.78. The molecule has 0 aliphatic carbocycles. The number of alkyl carbamates (subject to hydrolysis) is 1. The van der Waals surface area contributed by atoms with Crippen molar-refractivity contribution in [3.63, 3.8) is 0 Å². The van der Waals surface area contributed by atoms with Crippen molar-refractivity contribution in [2.75, 3.05) is 40.8 Å². The molecule has 0 radical (unpaired) electrons. The first-order valence-electron chi connectivity index (χ1n) is 18.2. The van der Waals surface area contributed by atoms with E-state index in [0.29, 0.717) is 32.2 Å². The molecule has 0 saturated carbocycles. The van der Waals surface area contributed by atoms with Crippen molar-refractivity contribution in [2.45, 2.75) is 147 Å². The maximum absolute atomic E-state index is 14.2. The molecule has 0 bridgehead atoms. The molecular weight excluding hydrogens is 677 g/mol. The smallest absolute Gasteiger partial charge is 0.408 e. The van der Waals surface area contributed by atoms with E-state index in [1.54, 1.807) is 32.8 Å². The van der Waals surface area contributed by atoms with Crippen LogP contribution in [0, 0.1) is 17.8 Å². The second-order valence-electron chi connectivity index (χ2n) is 15.1. The second kappa shape index (κ2) is 17.8. The van der Waals surface area contributed by atoms with E-state index in [9.17, 15) is 32.7 Å². The van der Waals surface area contributed by atoms with E-state index < -0.39 is 96.3 Å². The lowest BCUT2D eigenvalue weighted by molar-refractivity contribution is -0.297. The first kappa shape index (κ1) is 43.3. The first-order valence-corrected chi connectivity index (χ1v) is 18.2. The van der Waals surface area contributed by atoms with Crippen molar-refractivity contribution >= 4 is 17.8 Å². The molecule has 3 aliphatic heterocycles. The molecule has 3 fully saturated rings. The van der Waals surface area contributed by atoms with Gasteiger partial charge in [-0.25, -0.2) is 4.79 Å². The van der Waals surface area contributed by atoms with Crippen LogP contribution in [0.1, 0.15) is 80.6 Å². The van der Waals surface area contributed by atoms with Crippen LogP contribution in [0.3, 0.4) is 0 Å². The van der Waals surface area contributed by atoms with Gasteiger partial charge in [0.25, 0.3) is 0 Å². The molecule has 3 saturated heterocycles. The Labute approximate surface area is 300 Å². The second-order valence-corrected chi connectivity index (χ2v) is 15.1. The first-order chi connectivity index (χ1) is 23.7. The summed E-state index contributed by atoms with van der Waals surface area (Å²) in [6, 6.07) is -1.31. The minimum absolute atomic E-state index is 0.0699. The number of rotatable bonds is 10. The summed E-state index contributed by atoms with van der Waals surface area (Å²) in [5.41, 5.74) is -2.32. The summed E-state index contributed by atoms with van der Waals surface area (Å²) in [5.74, 6) is -3.55. The van der Waals surface area contributed by atoms with Gasteiger partial charge in [-0.15, -0.1) is 0 Å². The summed E-state index contributed by atoms with van der Waals surface area (Å²) < 4.78 is 69.1. The fourth-order valence-corrected chi connectivity index (χ4v) is 7.97. The summed E-state index contributed by atoms with van der Waals surface area (Å²) >= 11 is 0. The number of esters is 1. The molecule has 3 heterocycles. The molecule has 3 rings (SSSR count). The molecule has 0 aromatic carbocycles. The zero-order valence-corrected chi connectivity index (χ0v) is 31.8. The summed E-state index contributed by atoms with van der Waals surface area (Å²) in [4.78, 5) is 42.4. The molecule has 1 amide bonds. The van der Waals surface area contributed by atoms with E-state index in [0.717, 1.165) is 0 Å². The highest BCUT2D eigenvalue weighted by Crippen LogP contribution is 2.39. The third-order valence-corrected chi connectivity index (χ3v) is 11.0. The van der Waals surface area contributed by atoms with Crippen LogP contribution in [0.4, 0.5) is 18.0 Å². The fraction of sp³-hybridized carbons (Fsp3) is 0.914. The van der Waals surface area contributed by atoms with Crippen molar-refractivity contribution in [1.82, 2.24) is 20.9 Å². The van der Waals surface area contributed by atoms with Gasteiger partial charge in [0.15, 0.2) is 17.7 Å². The average molecular weight is 739 g/mol. The maximum Gasteiger partial charge on any atom is 0.408 e. The molecule has 51 heavy (non-hydrogen) atoms. The zero-order valence-electron chi connectivity index (χ0n) is 31.8. The largest absolute Gasteiger partial charge is 0.457 e. The van der Waals surface area contributed by atoms with Gasteiger partial charge in [-0.2, -0.15) is 13.2 Å². The molecule has 3 aliphatic rings. The van der Waals surface area contributed by atoms with E-state index >= 15 is 0 Å². The van der Waals surface area contributed by atoms with Gasteiger partial charge < -0.3 is 49.6 Å². The van der Waals surface area contributed by atoms with Crippen LogP contribution in [-0.2, 0) is 33.3 Å². The number of alkyl halides is 3. The predicted octanol–water partition coefficient (Wildman–Crippen LogP) is 3.16. The number of methoxy groups -OCH3 is 1. The number of nitrogens with one attached hydrogen (secondary N) is 3. The molecular formula is C35H61F3N4O9.